The summed E-state index contributed by atoms with van der Waals surface area (Å²) >= 11 is 1.49. The van der Waals surface area contributed by atoms with Gasteiger partial charge in [-0.05, 0) is 57.3 Å². The van der Waals surface area contributed by atoms with E-state index in [0.717, 1.165) is 56.1 Å². The van der Waals surface area contributed by atoms with Crippen LogP contribution in [0.3, 0.4) is 0 Å². The highest BCUT2D eigenvalue weighted by Gasteiger charge is 2.24. The SMILES string of the molecule is CCCCn1c(SCC(=O)N[C@H]2CCCc3ccccc32)nnc1[C@@H](CC)N(C)C. The maximum atomic E-state index is 12.7. The summed E-state index contributed by atoms with van der Waals surface area (Å²) in [6.07, 6.45) is 6.39. The molecule has 0 bridgehead atoms. The van der Waals surface area contributed by atoms with Gasteiger partial charge in [0.2, 0.25) is 5.91 Å². The number of aromatic nitrogens is 3. The number of carbonyl (C=O) groups excluding carboxylic acids is 1. The zero-order valence-electron chi connectivity index (χ0n) is 18.7. The molecule has 7 heteroatoms. The van der Waals surface area contributed by atoms with Crippen molar-refractivity contribution < 1.29 is 4.79 Å². The number of hydrogen-bond donors (Lipinski definition) is 1. The van der Waals surface area contributed by atoms with Crippen molar-refractivity contribution in [2.45, 2.75) is 76.2 Å². The van der Waals surface area contributed by atoms with Crippen LogP contribution in [0.4, 0.5) is 0 Å². The van der Waals surface area contributed by atoms with Crippen molar-refractivity contribution in [2.75, 3.05) is 19.8 Å². The topological polar surface area (TPSA) is 63.1 Å². The highest BCUT2D eigenvalue weighted by atomic mass is 32.2. The Hall–Kier alpha value is -1.86. The molecule has 0 saturated carbocycles. The quantitative estimate of drug-likeness (QED) is 0.568. The Balaban J connectivity index is 1.66. The summed E-state index contributed by atoms with van der Waals surface area (Å²) in [5.41, 5.74) is 2.63. The summed E-state index contributed by atoms with van der Waals surface area (Å²) in [5.74, 6) is 1.43. The van der Waals surface area contributed by atoms with E-state index in [4.69, 9.17) is 0 Å². The lowest BCUT2D eigenvalue weighted by Crippen LogP contribution is -2.32. The Morgan fingerprint density at radius 2 is 2.10 bits per heavy atom. The average Bonchev–Trinajstić information content (AvgIpc) is 3.13. The second-order valence-electron chi connectivity index (χ2n) is 8.23. The average molecular weight is 430 g/mol. The fraction of sp³-hybridized carbons (Fsp3) is 0.609. The Morgan fingerprint density at radius 1 is 1.30 bits per heavy atom. The highest BCUT2D eigenvalue weighted by Crippen LogP contribution is 2.30. The van der Waals surface area contributed by atoms with Crippen LogP contribution in [0.5, 0.6) is 0 Å². The van der Waals surface area contributed by atoms with Crippen LogP contribution < -0.4 is 5.32 Å². The zero-order valence-corrected chi connectivity index (χ0v) is 19.5. The molecule has 30 heavy (non-hydrogen) atoms. The Kier molecular flexibility index (Phi) is 8.33. The van der Waals surface area contributed by atoms with Gasteiger partial charge >= 0.3 is 0 Å². The van der Waals surface area contributed by atoms with Crippen molar-refractivity contribution in [1.82, 2.24) is 25.0 Å². The van der Waals surface area contributed by atoms with E-state index in [0.29, 0.717) is 5.75 Å². The first-order valence-electron chi connectivity index (χ1n) is 11.1. The zero-order chi connectivity index (χ0) is 21.5. The van der Waals surface area contributed by atoms with Crippen molar-refractivity contribution in [3.63, 3.8) is 0 Å². The molecule has 1 aromatic heterocycles. The Labute approximate surface area is 184 Å². The lowest BCUT2D eigenvalue weighted by Gasteiger charge is -2.26. The van der Waals surface area contributed by atoms with E-state index in [1.54, 1.807) is 0 Å². The maximum absolute atomic E-state index is 12.7. The number of aryl methyl sites for hydroxylation is 1. The van der Waals surface area contributed by atoms with Crippen LogP contribution in [0.15, 0.2) is 29.4 Å². The van der Waals surface area contributed by atoms with Gasteiger partial charge in [0.05, 0.1) is 17.8 Å². The van der Waals surface area contributed by atoms with E-state index in [1.165, 1.54) is 22.9 Å². The summed E-state index contributed by atoms with van der Waals surface area (Å²) in [7, 11) is 4.16. The summed E-state index contributed by atoms with van der Waals surface area (Å²) in [4.78, 5) is 14.9. The Morgan fingerprint density at radius 3 is 2.83 bits per heavy atom. The number of nitrogens with one attached hydrogen (secondary N) is 1. The molecule has 2 aromatic rings. The van der Waals surface area contributed by atoms with Crippen LogP contribution in [-0.4, -0.2) is 45.4 Å². The van der Waals surface area contributed by atoms with Crippen molar-refractivity contribution in [2.24, 2.45) is 0 Å². The fourth-order valence-corrected chi connectivity index (χ4v) is 5.01. The molecule has 0 aliphatic heterocycles. The minimum atomic E-state index is 0.0629. The van der Waals surface area contributed by atoms with Crippen LogP contribution in [-0.2, 0) is 17.8 Å². The van der Waals surface area contributed by atoms with Gasteiger partial charge in [0.25, 0.3) is 0 Å². The number of thioether (sulfide) groups is 1. The highest BCUT2D eigenvalue weighted by molar-refractivity contribution is 7.99. The minimum absolute atomic E-state index is 0.0629. The molecule has 164 valence electrons. The van der Waals surface area contributed by atoms with E-state index in [1.807, 2.05) is 0 Å². The summed E-state index contributed by atoms with van der Waals surface area (Å²) in [5, 5.41) is 13.0. The molecule has 0 unspecified atom stereocenters. The van der Waals surface area contributed by atoms with Gasteiger partial charge < -0.3 is 9.88 Å². The number of rotatable bonds is 10. The summed E-state index contributed by atoms with van der Waals surface area (Å²) in [6, 6.07) is 8.81. The number of hydrogen-bond acceptors (Lipinski definition) is 5. The van der Waals surface area contributed by atoms with Gasteiger partial charge in [-0.15, -0.1) is 10.2 Å². The third kappa shape index (κ3) is 5.43. The molecule has 0 spiro atoms. The van der Waals surface area contributed by atoms with Crippen LogP contribution in [0.1, 0.15) is 75.0 Å². The van der Waals surface area contributed by atoms with Gasteiger partial charge in [0, 0.05) is 6.54 Å². The molecule has 1 aromatic carbocycles. The molecule has 1 amide bonds. The van der Waals surface area contributed by atoms with E-state index in [9.17, 15) is 4.79 Å². The van der Waals surface area contributed by atoms with E-state index < -0.39 is 0 Å². The number of unbranched alkanes of at least 4 members (excludes halogenated alkanes) is 1. The lowest BCUT2D eigenvalue weighted by molar-refractivity contribution is -0.119. The molecular formula is C23H35N5OS. The minimum Gasteiger partial charge on any atom is -0.349 e. The summed E-state index contributed by atoms with van der Waals surface area (Å²) in [6.45, 7) is 5.25. The molecule has 1 aliphatic rings. The molecule has 2 atom stereocenters. The first-order valence-corrected chi connectivity index (χ1v) is 12.1. The number of fused-ring (bicyclic) bond motifs is 1. The molecule has 3 rings (SSSR count). The second-order valence-corrected chi connectivity index (χ2v) is 9.18. The third-order valence-electron chi connectivity index (χ3n) is 5.83. The van der Waals surface area contributed by atoms with Crippen molar-refractivity contribution >= 4 is 17.7 Å². The fourth-order valence-electron chi connectivity index (χ4n) is 4.23. The van der Waals surface area contributed by atoms with Gasteiger partial charge in [-0.3, -0.25) is 9.69 Å². The summed E-state index contributed by atoms with van der Waals surface area (Å²) < 4.78 is 2.21. The van der Waals surface area contributed by atoms with Gasteiger partial charge in [-0.25, -0.2) is 0 Å². The molecule has 0 fully saturated rings. The van der Waals surface area contributed by atoms with Gasteiger partial charge in [0.1, 0.15) is 0 Å². The first-order chi connectivity index (χ1) is 14.5. The predicted octanol–water partition coefficient (Wildman–Crippen LogP) is 4.38. The van der Waals surface area contributed by atoms with E-state index in [-0.39, 0.29) is 18.0 Å². The van der Waals surface area contributed by atoms with Gasteiger partial charge in [0.15, 0.2) is 11.0 Å². The van der Waals surface area contributed by atoms with Crippen LogP contribution in [0, 0.1) is 0 Å². The lowest BCUT2D eigenvalue weighted by atomic mass is 9.88. The van der Waals surface area contributed by atoms with Crippen LogP contribution >= 0.6 is 11.8 Å². The molecule has 1 N–H and O–H groups in total. The van der Waals surface area contributed by atoms with Gasteiger partial charge in [-0.1, -0.05) is 56.3 Å². The number of amides is 1. The molecule has 0 saturated heterocycles. The molecular weight excluding hydrogens is 394 g/mol. The Bertz CT molecular complexity index is 835. The first kappa shape index (κ1) is 22.8. The van der Waals surface area contributed by atoms with E-state index >= 15 is 0 Å². The predicted molar refractivity (Wildman–Crippen MR) is 123 cm³/mol. The number of carbonyl (C=O) groups is 1. The van der Waals surface area contributed by atoms with Crippen molar-refractivity contribution in [3.05, 3.63) is 41.2 Å². The third-order valence-corrected chi connectivity index (χ3v) is 6.79. The molecule has 1 heterocycles. The van der Waals surface area contributed by atoms with Crippen molar-refractivity contribution in [3.8, 4) is 0 Å². The normalized spacial score (nSPS) is 17.0. The monoisotopic (exact) mass is 429 g/mol. The maximum Gasteiger partial charge on any atom is 0.230 e. The number of nitrogens with zero attached hydrogens (tertiary/aromatic N) is 4. The molecule has 6 nitrogen and oxygen atoms in total. The second kappa shape index (κ2) is 11.0. The van der Waals surface area contributed by atoms with E-state index in [2.05, 4.69) is 77.2 Å². The van der Waals surface area contributed by atoms with Gasteiger partial charge in [-0.2, -0.15) is 0 Å². The standard InChI is InChI=1S/C23H35N5OS/c1-5-7-15-28-22(20(6-2)27(3)4)25-26-23(28)30-16-21(29)24-19-14-10-12-17-11-8-9-13-18(17)19/h8-9,11,13,19-20H,5-7,10,12,14-16H2,1-4H3,(H,24,29)/t19-,20+/m0/s1. The van der Waals surface area contributed by atoms with Crippen LogP contribution in [0.25, 0.3) is 0 Å². The van der Waals surface area contributed by atoms with Crippen molar-refractivity contribution in [1.29, 1.82) is 0 Å². The smallest absolute Gasteiger partial charge is 0.230 e. The van der Waals surface area contributed by atoms with Crippen LogP contribution in [0.2, 0.25) is 0 Å². The number of benzene rings is 1. The molecule has 0 radical (unpaired) electrons. The molecule has 1 aliphatic carbocycles. The largest absolute Gasteiger partial charge is 0.349 e.